The largest absolute Gasteiger partial charge is 0.324 e. The Balaban J connectivity index is 1.54. The van der Waals surface area contributed by atoms with E-state index in [1.54, 1.807) is 38.1 Å². The minimum atomic E-state index is -3.58. The van der Waals surface area contributed by atoms with Crippen LogP contribution in [0.25, 0.3) is 0 Å². The number of anilines is 4. The average molecular weight is 712 g/mol. The molecule has 50 heavy (non-hydrogen) atoms. The van der Waals surface area contributed by atoms with Crippen LogP contribution in [0.3, 0.4) is 0 Å². The van der Waals surface area contributed by atoms with E-state index in [0.29, 0.717) is 46.2 Å². The molecule has 0 saturated heterocycles. The van der Waals surface area contributed by atoms with Crippen molar-refractivity contribution < 1.29 is 16.8 Å². The maximum Gasteiger partial charge on any atom is 0.240 e. The molecule has 258 valence electrons. The maximum atomic E-state index is 12.2. The van der Waals surface area contributed by atoms with E-state index >= 15 is 0 Å². The summed E-state index contributed by atoms with van der Waals surface area (Å²) in [4.78, 5) is 9.88. The maximum absolute atomic E-state index is 12.2. The number of nitrogens with zero attached hydrogens (tertiary/aromatic N) is 4. The van der Waals surface area contributed by atoms with E-state index in [1.165, 1.54) is 38.4 Å². The van der Waals surface area contributed by atoms with E-state index in [1.807, 2.05) is 60.7 Å². The molecule has 0 bridgehead atoms. The highest BCUT2D eigenvalue weighted by molar-refractivity contribution is 7.89. The van der Waals surface area contributed by atoms with Crippen LogP contribution in [0.1, 0.15) is 36.1 Å². The van der Waals surface area contributed by atoms with Crippen molar-refractivity contribution >= 4 is 54.7 Å². The predicted octanol–water partition coefficient (Wildman–Crippen LogP) is 5.30. The third-order valence-electron chi connectivity index (χ3n) is 7.62. The normalized spacial score (nSPS) is 12.4. The van der Waals surface area contributed by atoms with Crippen molar-refractivity contribution in [3.8, 4) is 0 Å². The molecule has 0 fully saturated rings. The first-order valence-electron chi connectivity index (χ1n) is 15.4. The van der Waals surface area contributed by atoms with Crippen LogP contribution < -0.4 is 25.6 Å². The van der Waals surface area contributed by atoms with E-state index in [9.17, 15) is 16.8 Å². The summed E-state index contributed by atoms with van der Waals surface area (Å²) in [5.74, 6) is 1.10. The van der Waals surface area contributed by atoms with Gasteiger partial charge in [-0.05, 0) is 81.0 Å². The van der Waals surface area contributed by atoms with Gasteiger partial charge < -0.3 is 5.32 Å². The van der Waals surface area contributed by atoms with E-state index in [-0.39, 0.29) is 15.7 Å². The van der Waals surface area contributed by atoms with E-state index in [0.717, 1.165) is 11.3 Å². The van der Waals surface area contributed by atoms with Crippen LogP contribution in [0, 0.1) is 0 Å². The van der Waals surface area contributed by atoms with Gasteiger partial charge in [0.05, 0.1) is 21.2 Å². The van der Waals surface area contributed by atoms with Gasteiger partial charge in [-0.1, -0.05) is 72.8 Å². The lowest BCUT2D eigenvalue weighted by Crippen LogP contribution is -2.18. The standard InChI is InChI=1S/C35H37N9O4S2/c1-24(27-15-19-30(20-16-27)49(45,46)36-3)41-43-33-32(23-26-11-7-5-8-12-26)34(40-35(39-33)38-29-13-9-6-10-14-29)44-42-25(2)28-17-21-31(22-18-28)50(47,48)37-4/h5-22,36-37H,23H2,1-4H3,(H3,38,39,40,43,44)/b41-24-,42-25+. The fourth-order valence-electron chi connectivity index (χ4n) is 4.73. The molecule has 1 heterocycles. The van der Waals surface area contributed by atoms with Crippen LogP contribution in [0.5, 0.6) is 0 Å². The summed E-state index contributed by atoms with van der Waals surface area (Å²) in [5.41, 5.74) is 11.3. The van der Waals surface area contributed by atoms with Crippen molar-refractivity contribution in [2.75, 3.05) is 30.3 Å². The summed E-state index contributed by atoms with van der Waals surface area (Å²) in [6.45, 7) is 3.60. The van der Waals surface area contributed by atoms with Gasteiger partial charge in [0.25, 0.3) is 0 Å². The Morgan fingerprint density at radius 1 is 0.600 bits per heavy atom. The van der Waals surface area contributed by atoms with Gasteiger partial charge in [-0.2, -0.15) is 20.2 Å². The number of hydrazone groups is 2. The summed E-state index contributed by atoms with van der Waals surface area (Å²) in [6, 6.07) is 32.1. The lowest BCUT2D eigenvalue weighted by molar-refractivity contribution is 0.586. The van der Waals surface area contributed by atoms with Crippen LogP contribution in [0.4, 0.5) is 23.3 Å². The molecule has 0 saturated carbocycles. The lowest BCUT2D eigenvalue weighted by Gasteiger charge is -2.16. The first-order chi connectivity index (χ1) is 24.0. The van der Waals surface area contributed by atoms with E-state index < -0.39 is 20.0 Å². The molecule has 0 radical (unpaired) electrons. The topological polar surface area (TPSA) is 179 Å². The van der Waals surface area contributed by atoms with Gasteiger partial charge in [0.1, 0.15) is 0 Å². The zero-order chi connectivity index (χ0) is 35.7. The molecule has 0 spiro atoms. The van der Waals surface area contributed by atoms with Crippen LogP contribution in [0.2, 0.25) is 0 Å². The SMILES string of the molecule is CNS(=O)(=O)c1ccc(/C(C)=N\Nc2nc(Nc3ccccc3)nc(N/N=C(\C)c3ccc(S(=O)(=O)NC)cc3)c2Cc2ccccc2)cc1. The highest BCUT2D eigenvalue weighted by atomic mass is 32.2. The Bertz CT molecular complexity index is 2100. The minimum Gasteiger partial charge on any atom is -0.324 e. The summed E-state index contributed by atoms with van der Waals surface area (Å²) >= 11 is 0. The summed E-state index contributed by atoms with van der Waals surface area (Å²) < 4.78 is 53.4. The molecule has 0 atom stereocenters. The number of para-hydroxylation sites is 1. The van der Waals surface area contributed by atoms with Crippen molar-refractivity contribution in [2.24, 2.45) is 10.2 Å². The molecule has 5 aromatic rings. The van der Waals surface area contributed by atoms with Gasteiger partial charge in [0, 0.05) is 17.7 Å². The molecule has 0 amide bonds. The second-order valence-electron chi connectivity index (χ2n) is 11.0. The number of rotatable bonds is 14. The van der Waals surface area contributed by atoms with Crippen LogP contribution in [-0.2, 0) is 26.5 Å². The molecule has 5 rings (SSSR count). The van der Waals surface area contributed by atoms with Crippen LogP contribution >= 0.6 is 0 Å². The van der Waals surface area contributed by atoms with Crippen molar-refractivity contribution in [3.63, 3.8) is 0 Å². The molecule has 4 aromatic carbocycles. The predicted molar refractivity (Wildman–Crippen MR) is 198 cm³/mol. The molecule has 0 aliphatic heterocycles. The van der Waals surface area contributed by atoms with Gasteiger partial charge in [-0.15, -0.1) is 0 Å². The van der Waals surface area contributed by atoms with E-state index in [2.05, 4.69) is 35.8 Å². The molecule has 5 N–H and O–H groups in total. The second-order valence-corrected chi connectivity index (χ2v) is 14.7. The number of aromatic nitrogens is 2. The Labute approximate surface area is 292 Å². The Morgan fingerprint density at radius 2 is 1.02 bits per heavy atom. The Kier molecular flexibility index (Phi) is 11.3. The Morgan fingerprint density at radius 3 is 1.44 bits per heavy atom. The van der Waals surface area contributed by atoms with Crippen molar-refractivity contribution in [3.05, 3.63) is 131 Å². The van der Waals surface area contributed by atoms with E-state index in [4.69, 9.17) is 9.97 Å². The van der Waals surface area contributed by atoms with Gasteiger partial charge in [-0.25, -0.2) is 26.3 Å². The first-order valence-corrected chi connectivity index (χ1v) is 18.4. The Hall–Kier alpha value is -5.48. The first kappa shape index (κ1) is 35.8. The molecule has 0 unspecified atom stereocenters. The summed E-state index contributed by atoms with van der Waals surface area (Å²) in [7, 11) is -4.43. The van der Waals surface area contributed by atoms with Crippen molar-refractivity contribution in [1.29, 1.82) is 0 Å². The fourth-order valence-corrected chi connectivity index (χ4v) is 6.19. The zero-order valence-corrected chi connectivity index (χ0v) is 29.5. The van der Waals surface area contributed by atoms with Gasteiger partial charge in [-0.3, -0.25) is 10.9 Å². The number of sulfonamides is 2. The number of hydrogen-bond donors (Lipinski definition) is 5. The van der Waals surface area contributed by atoms with Crippen LogP contribution in [-0.4, -0.2) is 52.3 Å². The third kappa shape index (κ3) is 8.95. The quantitative estimate of drug-likeness (QED) is 0.0755. The highest BCUT2D eigenvalue weighted by Crippen LogP contribution is 2.28. The molecular weight excluding hydrogens is 675 g/mol. The van der Waals surface area contributed by atoms with Crippen LogP contribution in [0.15, 0.2) is 129 Å². The molecule has 15 heteroatoms. The highest BCUT2D eigenvalue weighted by Gasteiger charge is 2.17. The molecule has 0 aliphatic carbocycles. The third-order valence-corrected chi connectivity index (χ3v) is 10.5. The van der Waals surface area contributed by atoms with Crippen molar-refractivity contribution in [1.82, 2.24) is 19.4 Å². The summed E-state index contributed by atoms with van der Waals surface area (Å²) in [5, 5.41) is 12.5. The summed E-state index contributed by atoms with van der Waals surface area (Å²) in [6.07, 6.45) is 0.424. The zero-order valence-electron chi connectivity index (χ0n) is 27.8. The van der Waals surface area contributed by atoms with Gasteiger partial charge in [0.2, 0.25) is 26.0 Å². The molecule has 0 aliphatic rings. The number of hydrogen-bond acceptors (Lipinski definition) is 11. The second kappa shape index (κ2) is 15.8. The lowest BCUT2D eigenvalue weighted by atomic mass is 10.1. The molecule has 1 aromatic heterocycles. The van der Waals surface area contributed by atoms with Crippen molar-refractivity contribution in [2.45, 2.75) is 30.1 Å². The van der Waals surface area contributed by atoms with Gasteiger partial charge >= 0.3 is 0 Å². The molecular formula is C35H37N9O4S2. The molecule has 13 nitrogen and oxygen atoms in total. The minimum absolute atomic E-state index is 0.146. The number of nitrogens with one attached hydrogen (secondary N) is 5. The average Bonchev–Trinajstić information content (AvgIpc) is 3.14. The smallest absolute Gasteiger partial charge is 0.240 e. The fraction of sp³-hybridized carbons (Fsp3) is 0.143. The number of benzene rings is 4. The van der Waals surface area contributed by atoms with Gasteiger partial charge in [0.15, 0.2) is 11.6 Å². The monoisotopic (exact) mass is 711 g/mol.